The highest BCUT2D eigenvalue weighted by Crippen LogP contribution is 2.39. The third-order valence-corrected chi connectivity index (χ3v) is 3.21. The summed E-state index contributed by atoms with van der Waals surface area (Å²) >= 11 is 0. The molecule has 6 nitrogen and oxygen atoms in total. The summed E-state index contributed by atoms with van der Waals surface area (Å²) in [5, 5.41) is 16.0. The van der Waals surface area contributed by atoms with Crippen LogP contribution in [0.1, 0.15) is 24.5 Å². The second-order valence-corrected chi connectivity index (χ2v) is 4.68. The van der Waals surface area contributed by atoms with E-state index in [1.165, 1.54) is 23.3 Å². The van der Waals surface area contributed by atoms with Crippen LogP contribution in [-0.2, 0) is 11.0 Å². The fraction of sp³-hybridized carbons (Fsp3) is 0.214. The molecule has 0 aliphatic heterocycles. The van der Waals surface area contributed by atoms with E-state index in [-0.39, 0.29) is 23.2 Å². The van der Waals surface area contributed by atoms with Gasteiger partial charge in [0.1, 0.15) is 12.7 Å². The van der Waals surface area contributed by atoms with Crippen LogP contribution in [0.2, 0.25) is 0 Å². The number of carboxylic acids is 1. The van der Waals surface area contributed by atoms with Crippen molar-refractivity contribution in [3.8, 4) is 5.69 Å². The first-order chi connectivity index (χ1) is 10.7. The number of alkyl halides is 3. The molecular formula is C14H13F3N4O2. The van der Waals surface area contributed by atoms with Crippen LogP contribution in [0, 0.1) is 0 Å². The number of rotatable bonds is 4. The largest absolute Gasteiger partial charge is 0.478 e. The summed E-state index contributed by atoms with van der Waals surface area (Å²) in [5.74, 6) is -1.26. The van der Waals surface area contributed by atoms with Gasteiger partial charge in [0.05, 0.1) is 11.3 Å². The maximum atomic E-state index is 13.2. The minimum atomic E-state index is -4.68. The summed E-state index contributed by atoms with van der Waals surface area (Å²) in [6.07, 6.45) is -1.14. The molecule has 0 fully saturated rings. The first kappa shape index (κ1) is 16.5. The Morgan fingerprint density at radius 1 is 1.35 bits per heavy atom. The Labute approximate surface area is 129 Å². The molecule has 9 heteroatoms. The number of hydrogen-bond donors (Lipinski definition) is 2. The zero-order chi connectivity index (χ0) is 17.2. The monoisotopic (exact) mass is 326 g/mol. The highest BCUT2D eigenvalue weighted by atomic mass is 19.4. The molecule has 2 aromatic rings. The molecule has 0 radical (unpaired) electrons. The molecule has 0 amide bonds. The van der Waals surface area contributed by atoms with Gasteiger partial charge >= 0.3 is 12.1 Å². The van der Waals surface area contributed by atoms with Crippen LogP contribution < -0.4 is 5.73 Å². The van der Waals surface area contributed by atoms with E-state index >= 15 is 0 Å². The molecule has 1 aromatic carbocycles. The van der Waals surface area contributed by atoms with Crippen LogP contribution in [0.3, 0.4) is 0 Å². The number of aromatic nitrogens is 3. The number of nitrogens with two attached hydrogens (primary N) is 1. The fourth-order valence-electron chi connectivity index (χ4n) is 2.14. The average molecular weight is 326 g/mol. The third kappa shape index (κ3) is 3.50. The molecule has 0 saturated carbocycles. The summed E-state index contributed by atoms with van der Waals surface area (Å²) in [7, 11) is 0. The molecule has 1 heterocycles. The molecule has 0 bridgehead atoms. The maximum Gasteiger partial charge on any atom is 0.418 e. The Morgan fingerprint density at radius 3 is 2.43 bits per heavy atom. The summed E-state index contributed by atoms with van der Waals surface area (Å²) in [6.45, 7) is 1.63. The van der Waals surface area contributed by atoms with Gasteiger partial charge in [0.15, 0.2) is 0 Å². The molecular weight excluding hydrogens is 313 g/mol. The van der Waals surface area contributed by atoms with Gasteiger partial charge in [0.25, 0.3) is 0 Å². The van der Waals surface area contributed by atoms with Gasteiger partial charge in [-0.15, -0.1) is 10.2 Å². The lowest BCUT2D eigenvalue weighted by atomic mass is 9.96. The number of aliphatic carboxylic acids is 1. The van der Waals surface area contributed by atoms with E-state index < -0.39 is 23.4 Å². The van der Waals surface area contributed by atoms with E-state index in [0.717, 1.165) is 12.1 Å². The second-order valence-electron chi connectivity index (χ2n) is 4.68. The average Bonchev–Trinajstić information content (AvgIpc) is 2.98. The number of benzene rings is 1. The van der Waals surface area contributed by atoms with Crippen molar-refractivity contribution in [2.75, 3.05) is 5.73 Å². The normalized spacial score (nSPS) is 12.4. The predicted octanol–water partition coefficient (Wildman–Crippen LogP) is 2.75. The van der Waals surface area contributed by atoms with E-state index in [4.69, 9.17) is 10.8 Å². The lowest BCUT2D eigenvalue weighted by molar-refractivity contribution is -0.137. The van der Waals surface area contributed by atoms with Gasteiger partial charge in [-0.25, -0.2) is 4.79 Å². The molecule has 0 atom stereocenters. The Morgan fingerprint density at radius 2 is 1.96 bits per heavy atom. The van der Waals surface area contributed by atoms with Gasteiger partial charge in [-0.2, -0.15) is 13.2 Å². The van der Waals surface area contributed by atoms with Crippen LogP contribution in [-0.4, -0.2) is 25.8 Å². The first-order valence-electron chi connectivity index (χ1n) is 6.53. The van der Waals surface area contributed by atoms with Gasteiger partial charge in [-0.05, 0) is 24.1 Å². The van der Waals surface area contributed by atoms with Crippen molar-refractivity contribution in [3.05, 3.63) is 42.0 Å². The second kappa shape index (κ2) is 6.11. The summed E-state index contributed by atoms with van der Waals surface area (Å²) < 4.78 is 41.0. The molecule has 122 valence electrons. The van der Waals surface area contributed by atoms with Crippen LogP contribution in [0.15, 0.2) is 30.9 Å². The maximum absolute atomic E-state index is 13.2. The van der Waals surface area contributed by atoms with Crippen molar-refractivity contribution >= 4 is 17.2 Å². The lowest BCUT2D eigenvalue weighted by Crippen LogP contribution is -2.12. The van der Waals surface area contributed by atoms with Gasteiger partial charge in [0, 0.05) is 17.3 Å². The number of carboxylic acid groups (broad SMARTS) is 1. The van der Waals surface area contributed by atoms with Crippen LogP contribution in [0.5, 0.6) is 0 Å². The number of allylic oxidation sites excluding steroid dienone is 1. The van der Waals surface area contributed by atoms with Crippen molar-refractivity contribution in [1.82, 2.24) is 14.8 Å². The van der Waals surface area contributed by atoms with Crippen molar-refractivity contribution in [3.63, 3.8) is 0 Å². The lowest BCUT2D eigenvalue weighted by Gasteiger charge is -2.17. The van der Waals surface area contributed by atoms with E-state index in [2.05, 4.69) is 10.2 Å². The Kier molecular flexibility index (Phi) is 4.39. The number of halogens is 3. The van der Waals surface area contributed by atoms with Crippen LogP contribution in [0.25, 0.3) is 11.3 Å². The SMILES string of the molecule is CCC(=CC(=O)O)c1cc(-n2cnnc2)cc(C(F)(F)F)c1N. The van der Waals surface area contributed by atoms with Gasteiger partial charge in [0.2, 0.25) is 0 Å². The zero-order valence-corrected chi connectivity index (χ0v) is 12.0. The molecule has 0 saturated heterocycles. The van der Waals surface area contributed by atoms with Gasteiger partial charge in [-0.3, -0.25) is 4.57 Å². The number of carbonyl (C=O) groups is 1. The highest BCUT2D eigenvalue weighted by Gasteiger charge is 2.35. The quantitative estimate of drug-likeness (QED) is 0.665. The summed E-state index contributed by atoms with van der Waals surface area (Å²) in [6, 6.07) is 2.25. The van der Waals surface area contributed by atoms with Crippen molar-refractivity contribution in [2.24, 2.45) is 0 Å². The predicted molar refractivity (Wildman–Crippen MR) is 76.7 cm³/mol. The number of anilines is 1. The Balaban J connectivity index is 2.75. The van der Waals surface area contributed by atoms with Crippen LogP contribution in [0.4, 0.5) is 18.9 Å². The number of hydrogen-bond acceptors (Lipinski definition) is 4. The first-order valence-corrected chi connectivity index (χ1v) is 6.53. The fourth-order valence-corrected chi connectivity index (χ4v) is 2.14. The van der Waals surface area contributed by atoms with E-state index in [1.54, 1.807) is 6.92 Å². The molecule has 1 aromatic heterocycles. The molecule has 3 N–H and O–H groups in total. The third-order valence-electron chi connectivity index (χ3n) is 3.21. The zero-order valence-electron chi connectivity index (χ0n) is 12.0. The van der Waals surface area contributed by atoms with E-state index in [1.807, 2.05) is 0 Å². The van der Waals surface area contributed by atoms with Crippen molar-refractivity contribution in [2.45, 2.75) is 19.5 Å². The molecule has 0 aliphatic carbocycles. The Bertz CT molecular complexity index is 752. The van der Waals surface area contributed by atoms with Crippen molar-refractivity contribution in [1.29, 1.82) is 0 Å². The smallest absolute Gasteiger partial charge is 0.418 e. The minimum absolute atomic E-state index is 0.0217. The highest BCUT2D eigenvalue weighted by molar-refractivity contribution is 5.92. The molecule has 0 unspecified atom stereocenters. The molecule has 2 rings (SSSR count). The van der Waals surface area contributed by atoms with E-state index in [0.29, 0.717) is 0 Å². The summed E-state index contributed by atoms with van der Waals surface area (Å²) in [5.41, 5.74) is 4.45. The topological polar surface area (TPSA) is 94.0 Å². The molecule has 23 heavy (non-hydrogen) atoms. The van der Waals surface area contributed by atoms with E-state index in [9.17, 15) is 18.0 Å². The number of nitrogens with zero attached hydrogens (tertiary/aromatic N) is 3. The molecule has 0 aliphatic rings. The molecule has 0 spiro atoms. The van der Waals surface area contributed by atoms with Gasteiger partial charge < -0.3 is 10.8 Å². The standard InChI is InChI=1S/C14H13F3N4O2/c1-2-8(3-12(22)23)10-4-9(21-6-19-20-7-21)5-11(13(10)18)14(15,16)17/h3-7H,2,18H2,1H3,(H,22,23). The van der Waals surface area contributed by atoms with Crippen molar-refractivity contribution < 1.29 is 23.1 Å². The Hall–Kier alpha value is -2.84. The number of nitrogen functional groups attached to an aromatic ring is 1. The van der Waals surface area contributed by atoms with Gasteiger partial charge in [-0.1, -0.05) is 6.92 Å². The minimum Gasteiger partial charge on any atom is -0.478 e. The van der Waals surface area contributed by atoms with Crippen LogP contribution >= 0.6 is 0 Å². The summed E-state index contributed by atoms with van der Waals surface area (Å²) in [4.78, 5) is 10.9.